The van der Waals surface area contributed by atoms with E-state index in [-0.39, 0.29) is 108 Å². The van der Waals surface area contributed by atoms with Gasteiger partial charge in [-0.1, -0.05) is 0 Å². The van der Waals surface area contributed by atoms with E-state index in [1.807, 2.05) is 0 Å². The van der Waals surface area contributed by atoms with Gasteiger partial charge in [0, 0.05) is 0 Å². The van der Waals surface area contributed by atoms with Crippen LogP contribution in [0.3, 0.4) is 0 Å². The fourth-order valence-corrected chi connectivity index (χ4v) is 0. The van der Waals surface area contributed by atoms with E-state index in [0.29, 0.717) is 0 Å². The Hall–Kier alpha value is 1.54. The van der Waals surface area contributed by atoms with E-state index >= 15 is 0 Å². The van der Waals surface area contributed by atoms with Crippen molar-refractivity contribution in [2.75, 3.05) is 0 Å². The fourth-order valence-electron chi connectivity index (χ4n) is 0. The average Bonchev–Trinajstić information content (AvgIpc) is 0. The topological polar surface area (TPSA) is 252 Å². The third-order valence-corrected chi connectivity index (χ3v) is 0. The van der Waals surface area contributed by atoms with E-state index in [4.69, 9.17) is 0 Å². The molecule has 16 N–H and O–H groups in total. The molecule has 8 nitrogen and oxygen atoms in total. The molecule has 0 aromatic rings. The minimum Gasteiger partial charge on any atom is -1.00 e. The van der Waals surface area contributed by atoms with Crippen molar-refractivity contribution < 1.29 is 46.7 Å². The van der Waals surface area contributed by atoms with Gasteiger partial charge in [0.15, 0.2) is 0 Å². The Morgan fingerprint density at radius 1 is 0.400 bits per heavy atom. The van der Waals surface area contributed by atoms with Crippen molar-refractivity contribution in [2.24, 2.45) is 0 Å². The minimum absolute atomic E-state index is 0. The van der Waals surface area contributed by atoms with E-state index in [9.17, 15) is 0 Å². The summed E-state index contributed by atoms with van der Waals surface area (Å²) in [7, 11) is 0. The number of hydrogen-bond acceptors (Lipinski definition) is 0. The van der Waals surface area contributed by atoms with E-state index in [1.165, 1.54) is 0 Å². The normalized spacial score (nSPS) is 0. The molecular formula is H19BaClO8. The van der Waals surface area contributed by atoms with Crippen molar-refractivity contribution in [3.63, 3.8) is 0 Å². The molecule has 0 bridgehead atoms. The molecule has 0 heterocycles. The molecule has 0 atom stereocenters. The molecule has 10 heavy (non-hydrogen) atoms. The van der Waals surface area contributed by atoms with Gasteiger partial charge in [-0.2, -0.15) is 0 Å². The van der Waals surface area contributed by atoms with Gasteiger partial charge in [0.2, 0.25) is 0 Å². The molecule has 0 spiro atoms. The van der Waals surface area contributed by atoms with Crippen LogP contribution < -0.4 is 0 Å². The summed E-state index contributed by atoms with van der Waals surface area (Å²) >= 11 is 0. The van der Waals surface area contributed by atoms with Gasteiger partial charge >= 0.3 is 48.9 Å². The summed E-state index contributed by atoms with van der Waals surface area (Å²) in [6.45, 7) is 0. The minimum atomic E-state index is 0. The summed E-state index contributed by atoms with van der Waals surface area (Å²) in [6, 6.07) is 0. The molecule has 10 heteroatoms. The average molecular weight is 320 g/mol. The van der Waals surface area contributed by atoms with Crippen molar-refractivity contribution >= 4 is 61.3 Å². The first-order valence-electron chi connectivity index (χ1n) is 0. The largest absolute Gasteiger partial charge is 2.00 e. The zero-order chi connectivity index (χ0) is 0. The predicted molar refractivity (Wildman–Crippen MR) is 44.1 cm³/mol. The van der Waals surface area contributed by atoms with Crippen LogP contribution in [0.1, 0.15) is 2.85 Å². The molecule has 0 rings (SSSR count). The molecule has 0 radical (unpaired) electrons. The third-order valence-electron chi connectivity index (χ3n) is 0. The van der Waals surface area contributed by atoms with Crippen LogP contribution in [0.2, 0.25) is 0 Å². The van der Waals surface area contributed by atoms with Crippen LogP contribution >= 0.6 is 12.4 Å². The summed E-state index contributed by atoms with van der Waals surface area (Å²) < 4.78 is 0. The Bertz CT molecular complexity index is 17.0. The van der Waals surface area contributed by atoms with Crippen molar-refractivity contribution in [1.82, 2.24) is 0 Å². The van der Waals surface area contributed by atoms with Gasteiger partial charge in [-0.25, -0.2) is 0 Å². The fraction of sp³-hybridized carbons (Fsp3) is 0. The second-order valence-corrected chi connectivity index (χ2v) is 0. The van der Waals surface area contributed by atoms with Crippen molar-refractivity contribution in [3.05, 3.63) is 0 Å². The predicted octanol–water partition coefficient (Wildman–Crippen LogP) is -6.33. The molecule has 76 valence electrons. The first-order valence-corrected chi connectivity index (χ1v) is 0. The molecule has 0 aliphatic heterocycles. The van der Waals surface area contributed by atoms with Crippen LogP contribution in [-0.4, -0.2) is 92.7 Å². The molecule has 0 aromatic carbocycles. The smallest absolute Gasteiger partial charge is 1.00 e. The maximum atomic E-state index is 0. The Morgan fingerprint density at radius 3 is 0.400 bits per heavy atom. The molecule has 0 saturated carbocycles. The second kappa shape index (κ2) is 404. The third kappa shape index (κ3) is 293. The molecule has 0 amide bonds. The molecule has 0 unspecified atom stereocenters. The van der Waals surface area contributed by atoms with Gasteiger partial charge in [-0.05, 0) is 0 Å². The van der Waals surface area contributed by atoms with Gasteiger partial charge in [-0.3, -0.25) is 0 Å². The van der Waals surface area contributed by atoms with Crippen molar-refractivity contribution in [3.8, 4) is 0 Å². The van der Waals surface area contributed by atoms with Gasteiger partial charge in [0.25, 0.3) is 0 Å². The molecular weight excluding hydrogens is 301 g/mol. The van der Waals surface area contributed by atoms with Crippen LogP contribution in [0, 0.1) is 0 Å². The van der Waals surface area contributed by atoms with E-state index in [1.54, 1.807) is 0 Å². The standard InChI is InChI=1S/Ba.ClH.8H2O.2H/h;1H;8*1H2;;/q+2;;;;;;;;;;2*-1. The van der Waals surface area contributed by atoms with Crippen LogP contribution in [0.4, 0.5) is 0 Å². The van der Waals surface area contributed by atoms with E-state index in [2.05, 4.69) is 0 Å². The summed E-state index contributed by atoms with van der Waals surface area (Å²) in [4.78, 5) is 0. The Balaban J connectivity index is 0. The van der Waals surface area contributed by atoms with Crippen LogP contribution in [-0.2, 0) is 0 Å². The first kappa shape index (κ1) is 540. The van der Waals surface area contributed by atoms with Crippen LogP contribution in [0.25, 0.3) is 0 Å². The molecule has 0 fully saturated rings. The quantitative estimate of drug-likeness (QED) is 0.377. The van der Waals surface area contributed by atoms with E-state index < -0.39 is 0 Å². The first-order chi connectivity index (χ1) is 0. The van der Waals surface area contributed by atoms with Crippen molar-refractivity contribution in [1.29, 1.82) is 0 Å². The van der Waals surface area contributed by atoms with Crippen molar-refractivity contribution in [2.45, 2.75) is 0 Å². The second-order valence-electron chi connectivity index (χ2n) is 0. The SMILES string of the molecule is Cl.O.O.O.O.O.O.O.O.[Ba+2].[H-].[H-]. The maximum absolute atomic E-state index is 0. The summed E-state index contributed by atoms with van der Waals surface area (Å²) in [5, 5.41) is 0. The van der Waals surface area contributed by atoms with Gasteiger partial charge in [-0.15, -0.1) is 12.4 Å². The Labute approximate surface area is 107 Å². The number of rotatable bonds is 0. The molecule has 0 aliphatic carbocycles. The van der Waals surface area contributed by atoms with E-state index in [0.717, 1.165) is 0 Å². The van der Waals surface area contributed by atoms with Gasteiger partial charge < -0.3 is 46.7 Å². The van der Waals surface area contributed by atoms with Crippen LogP contribution in [0.15, 0.2) is 0 Å². The number of hydrogen-bond donors (Lipinski definition) is 0. The molecule has 0 aliphatic rings. The Kier molecular flexibility index (Phi) is 21800. The Morgan fingerprint density at radius 2 is 0.400 bits per heavy atom. The van der Waals surface area contributed by atoms with Gasteiger partial charge in [0.05, 0.1) is 0 Å². The number of halogens is 1. The monoisotopic (exact) mass is 320 g/mol. The zero-order valence-electron chi connectivity index (χ0n) is 7.12. The van der Waals surface area contributed by atoms with Gasteiger partial charge in [0.1, 0.15) is 0 Å². The summed E-state index contributed by atoms with van der Waals surface area (Å²) in [6.07, 6.45) is 0. The van der Waals surface area contributed by atoms with Crippen LogP contribution in [0.5, 0.6) is 0 Å². The maximum Gasteiger partial charge on any atom is 2.00 e. The summed E-state index contributed by atoms with van der Waals surface area (Å²) in [5.74, 6) is 0. The molecule has 0 saturated heterocycles. The molecule has 0 aromatic heterocycles. The zero-order valence-corrected chi connectivity index (χ0v) is 10.4. The summed E-state index contributed by atoms with van der Waals surface area (Å²) in [5.41, 5.74) is 0.